The first-order chi connectivity index (χ1) is 20.2. The van der Waals surface area contributed by atoms with Crippen LogP contribution in [0.4, 0.5) is 23.2 Å². The lowest BCUT2D eigenvalue weighted by atomic mass is 10.0. The van der Waals surface area contributed by atoms with E-state index in [1.165, 1.54) is 35.2 Å². The number of alkyl halides is 3. The van der Waals surface area contributed by atoms with Crippen LogP contribution in [0.15, 0.2) is 65.6 Å². The lowest BCUT2D eigenvalue weighted by molar-refractivity contribution is -0.141. The number of carbonyl (C=O) groups excluding carboxylic acids is 1. The third kappa shape index (κ3) is 6.51. The van der Waals surface area contributed by atoms with Crippen molar-refractivity contribution >= 4 is 44.9 Å². The van der Waals surface area contributed by atoms with E-state index in [9.17, 15) is 35.9 Å². The molecule has 2 aliphatic rings. The molecule has 0 aromatic heterocycles. The molecule has 1 saturated heterocycles. The Kier molecular flexibility index (Phi) is 8.47. The summed E-state index contributed by atoms with van der Waals surface area (Å²) in [7, 11) is -4.53. The maximum absolute atomic E-state index is 14.5. The molecule has 0 radical (unpaired) electrons. The zero-order valence-corrected chi connectivity index (χ0v) is 24.4. The second-order valence-corrected chi connectivity index (χ2v) is 12.7. The normalized spacial score (nSPS) is 17.7. The predicted octanol–water partition coefficient (Wildman–Crippen LogP) is 6.00. The summed E-state index contributed by atoms with van der Waals surface area (Å²) in [6.45, 7) is 1.81. The summed E-state index contributed by atoms with van der Waals surface area (Å²) in [5, 5.41) is 9.66. The molecular weight excluding hydrogens is 612 g/mol. The van der Waals surface area contributed by atoms with Crippen molar-refractivity contribution in [2.24, 2.45) is 0 Å². The number of halogens is 5. The summed E-state index contributed by atoms with van der Waals surface area (Å²) in [5.74, 6) is -0.617. The number of rotatable bonds is 7. The smallest absolute Gasteiger partial charge is 0.416 e. The van der Waals surface area contributed by atoms with Crippen LogP contribution < -0.4 is 9.04 Å². The molecule has 2 heterocycles. The van der Waals surface area contributed by atoms with E-state index in [-0.39, 0.29) is 60.4 Å². The van der Waals surface area contributed by atoms with Crippen molar-refractivity contribution in [3.05, 3.63) is 88.2 Å². The highest BCUT2D eigenvalue weighted by Crippen LogP contribution is 2.40. The first kappa shape index (κ1) is 30.8. The molecular formula is C30H27ClF4N2O5S. The zero-order valence-electron chi connectivity index (χ0n) is 22.8. The molecule has 7 nitrogen and oxygen atoms in total. The zero-order chi connectivity index (χ0) is 31.1. The SMILES string of the molecule is C/C(=C\c1ccc2c(c1)N(S(=O)(=O)c1cccc(C(F)(F)F)c1)C[C@H](CCC(=O)N1CC(O)C1)O2)c1c(F)cccc1Cl. The number of sulfonamides is 1. The monoisotopic (exact) mass is 638 g/mol. The number of hydrogen-bond donors (Lipinski definition) is 1. The van der Waals surface area contributed by atoms with Crippen LogP contribution in [0.2, 0.25) is 5.02 Å². The number of ether oxygens (including phenoxy) is 1. The lowest BCUT2D eigenvalue weighted by Crippen LogP contribution is -2.53. The Bertz CT molecular complexity index is 1670. The Morgan fingerprint density at radius 3 is 2.49 bits per heavy atom. The molecule has 1 fully saturated rings. The largest absolute Gasteiger partial charge is 0.486 e. The van der Waals surface area contributed by atoms with Crippen LogP contribution in [-0.2, 0) is 21.0 Å². The van der Waals surface area contributed by atoms with Gasteiger partial charge in [0.15, 0.2) is 0 Å². The van der Waals surface area contributed by atoms with Gasteiger partial charge in [0.1, 0.15) is 17.7 Å². The van der Waals surface area contributed by atoms with Gasteiger partial charge in [0.25, 0.3) is 10.0 Å². The number of carbonyl (C=O) groups is 1. The average molecular weight is 639 g/mol. The van der Waals surface area contributed by atoms with Crippen LogP contribution in [0.25, 0.3) is 11.6 Å². The molecule has 0 aliphatic carbocycles. The number of hydrogen-bond acceptors (Lipinski definition) is 5. The number of β-amino-alcohol motifs (C(OH)–C–C–N with tert-alkyl or cyclic N) is 1. The summed E-state index contributed by atoms with van der Waals surface area (Å²) in [5.41, 5.74) is 0.0565. The van der Waals surface area contributed by atoms with Crippen LogP contribution in [0, 0.1) is 5.82 Å². The van der Waals surface area contributed by atoms with Crippen molar-refractivity contribution < 1.29 is 40.6 Å². The van der Waals surface area contributed by atoms with Crippen LogP contribution in [0.1, 0.15) is 36.5 Å². The molecule has 3 aromatic rings. The third-order valence-corrected chi connectivity index (χ3v) is 9.39. The molecule has 1 amide bonds. The van der Waals surface area contributed by atoms with E-state index in [0.29, 0.717) is 17.2 Å². The molecule has 0 unspecified atom stereocenters. The number of benzene rings is 3. The molecule has 5 rings (SSSR count). The van der Waals surface area contributed by atoms with Gasteiger partial charge in [-0.2, -0.15) is 13.2 Å². The number of amides is 1. The van der Waals surface area contributed by atoms with Gasteiger partial charge in [-0.25, -0.2) is 12.8 Å². The molecule has 2 aliphatic heterocycles. The van der Waals surface area contributed by atoms with Crippen molar-refractivity contribution in [2.75, 3.05) is 23.9 Å². The summed E-state index contributed by atoms with van der Waals surface area (Å²) in [4.78, 5) is 13.4. The summed E-state index contributed by atoms with van der Waals surface area (Å²) >= 11 is 6.20. The number of aliphatic hydroxyl groups is 1. The van der Waals surface area contributed by atoms with Gasteiger partial charge >= 0.3 is 6.18 Å². The Hall–Kier alpha value is -3.61. The molecule has 1 atom stereocenters. The fourth-order valence-corrected chi connectivity index (χ4v) is 6.91. The molecule has 0 spiro atoms. The fraction of sp³-hybridized carbons (Fsp3) is 0.300. The minimum absolute atomic E-state index is 0.0214. The minimum atomic E-state index is -4.76. The molecule has 3 aromatic carbocycles. The molecule has 13 heteroatoms. The van der Waals surface area contributed by atoms with Crippen LogP contribution in [0.3, 0.4) is 0 Å². The van der Waals surface area contributed by atoms with Gasteiger partial charge < -0.3 is 14.7 Å². The first-order valence-electron chi connectivity index (χ1n) is 13.3. The number of aliphatic hydroxyl groups excluding tert-OH is 1. The van der Waals surface area contributed by atoms with Gasteiger partial charge in [0, 0.05) is 25.1 Å². The highest BCUT2D eigenvalue weighted by molar-refractivity contribution is 7.92. The van der Waals surface area contributed by atoms with E-state index < -0.39 is 44.7 Å². The summed E-state index contributed by atoms with van der Waals surface area (Å²) in [6.07, 6.45) is -4.36. The van der Waals surface area contributed by atoms with Gasteiger partial charge in [0.2, 0.25) is 5.91 Å². The van der Waals surface area contributed by atoms with E-state index >= 15 is 0 Å². The van der Waals surface area contributed by atoms with E-state index in [1.54, 1.807) is 19.1 Å². The maximum Gasteiger partial charge on any atom is 0.416 e. The predicted molar refractivity (Wildman–Crippen MR) is 154 cm³/mol. The fourth-order valence-electron chi connectivity index (χ4n) is 5.06. The Labute approximate surface area is 251 Å². The van der Waals surface area contributed by atoms with Crippen molar-refractivity contribution in [2.45, 2.75) is 43.0 Å². The first-order valence-corrected chi connectivity index (χ1v) is 15.1. The average Bonchev–Trinajstić information content (AvgIpc) is 2.93. The highest BCUT2D eigenvalue weighted by atomic mass is 35.5. The quantitative estimate of drug-likeness (QED) is 0.254. The van der Waals surface area contributed by atoms with Crippen molar-refractivity contribution in [3.63, 3.8) is 0 Å². The standard InChI is InChI=1S/C30H27ClF4N2O5S/c1-18(29-24(31)6-3-7-25(29)32)12-19-8-10-27-26(13-19)37(17-22(42-27)9-11-28(39)36-15-21(38)16-36)43(40,41)23-5-2-4-20(14-23)30(33,34)35/h2-8,10,12-14,21-22,38H,9,11,15-17H2,1H3/b18-12+/t22-/m0/s1. The molecule has 1 N–H and O–H groups in total. The van der Waals surface area contributed by atoms with E-state index in [2.05, 4.69) is 0 Å². The van der Waals surface area contributed by atoms with Gasteiger partial charge in [-0.05, 0) is 66.9 Å². The minimum Gasteiger partial charge on any atom is -0.486 e. The second kappa shape index (κ2) is 11.8. The molecule has 43 heavy (non-hydrogen) atoms. The Balaban J connectivity index is 1.51. The van der Waals surface area contributed by atoms with Crippen molar-refractivity contribution in [1.29, 1.82) is 0 Å². The number of likely N-dealkylation sites (tertiary alicyclic amines) is 1. The van der Waals surface area contributed by atoms with Crippen LogP contribution in [-0.4, -0.2) is 56.2 Å². The summed E-state index contributed by atoms with van der Waals surface area (Å²) < 4.78 is 89.6. The second-order valence-electron chi connectivity index (χ2n) is 10.4. The van der Waals surface area contributed by atoms with Gasteiger partial charge in [0.05, 0.1) is 33.8 Å². The maximum atomic E-state index is 14.5. The molecule has 228 valence electrons. The van der Waals surface area contributed by atoms with Gasteiger partial charge in [-0.3, -0.25) is 9.10 Å². The number of allylic oxidation sites excluding steroid dienone is 1. The number of anilines is 1. The number of nitrogens with zero attached hydrogens (tertiary/aromatic N) is 2. The molecule has 0 saturated carbocycles. The Morgan fingerprint density at radius 2 is 1.81 bits per heavy atom. The van der Waals surface area contributed by atoms with E-state index in [4.69, 9.17) is 16.3 Å². The molecule has 0 bridgehead atoms. The van der Waals surface area contributed by atoms with E-state index in [1.807, 2.05) is 0 Å². The highest BCUT2D eigenvalue weighted by Gasteiger charge is 2.38. The number of fused-ring (bicyclic) bond motifs is 1. The van der Waals surface area contributed by atoms with Crippen molar-refractivity contribution in [1.82, 2.24) is 4.90 Å². The summed E-state index contributed by atoms with van der Waals surface area (Å²) in [6, 6.07) is 12.4. The van der Waals surface area contributed by atoms with Crippen LogP contribution in [0.5, 0.6) is 5.75 Å². The topological polar surface area (TPSA) is 87.2 Å². The van der Waals surface area contributed by atoms with Gasteiger partial charge in [-0.15, -0.1) is 0 Å². The Morgan fingerprint density at radius 1 is 1.09 bits per heavy atom. The van der Waals surface area contributed by atoms with Gasteiger partial charge in [-0.1, -0.05) is 35.9 Å². The van der Waals surface area contributed by atoms with Crippen molar-refractivity contribution in [3.8, 4) is 5.75 Å². The lowest BCUT2D eigenvalue weighted by Gasteiger charge is -2.38. The third-order valence-electron chi connectivity index (χ3n) is 7.30. The van der Waals surface area contributed by atoms with Crippen LogP contribution >= 0.6 is 11.6 Å². The van der Waals surface area contributed by atoms with E-state index in [0.717, 1.165) is 22.5 Å².